The first-order valence-corrected chi connectivity index (χ1v) is 6.12. The van der Waals surface area contributed by atoms with E-state index in [2.05, 4.69) is 6.92 Å². The minimum atomic E-state index is -0.557. The van der Waals surface area contributed by atoms with Gasteiger partial charge in [-0.15, -0.1) is 0 Å². The molecule has 1 heterocycles. The van der Waals surface area contributed by atoms with Gasteiger partial charge in [0.2, 0.25) is 0 Å². The Balaban J connectivity index is 1.88. The Kier molecular flexibility index (Phi) is 1.71. The van der Waals surface area contributed by atoms with Gasteiger partial charge in [-0.3, -0.25) is 0 Å². The fraction of sp³-hybridized carbons (Fsp3) is 1.00. The summed E-state index contributed by atoms with van der Waals surface area (Å²) in [6, 6.07) is 0. The van der Waals surface area contributed by atoms with Crippen molar-refractivity contribution in [3.05, 3.63) is 0 Å². The molecule has 1 fully saturated rings. The molecule has 0 spiro atoms. The standard InChI is InChI=1S/C4H9IO/c1-2-3-5-4-6-5/h2-4H2,1H3. The van der Waals surface area contributed by atoms with Crippen molar-refractivity contribution < 1.29 is 3.07 Å². The van der Waals surface area contributed by atoms with Crippen molar-refractivity contribution >= 4 is 20.2 Å². The van der Waals surface area contributed by atoms with Crippen molar-refractivity contribution in [2.45, 2.75) is 13.3 Å². The molecule has 0 saturated carbocycles. The second kappa shape index (κ2) is 2.12. The summed E-state index contributed by atoms with van der Waals surface area (Å²) in [5, 5.41) is 0. The molecule has 0 aromatic carbocycles. The van der Waals surface area contributed by atoms with Crippen LogP contribution in [-0.2, 0) is 3.07 Å². The molecule has 6 heavy (non-hydrogen) atoms. The third-order valence-corrected chi connectivity index (χ3v) is 4.45. The number of hydrogen-bond donors (Lipinski definition) is 0. The second-order valence-electron chi connectivity index (χ2n) is 1.31. The van der Waals surface area contributed by atoms with Crippen LogP contribution in [0, 0.1) is 0 Å². The van der Waals surface area contributed by atoms with Crippen molar-refractivity contribution in [3.8, 4) is 0 Å². The summed E-state index contributed by atoms with van der Waals surface area (Å²) in [5.41, 5.74) is 0. The maximum atomic E-state index is 5.11. The molecule has 0 aromatic heterocycles. The van der Waals surface area contributed by atoms with Gasteiger partial charge in [-0.2, -0.15) is 0 Å². The van der Waals surface area contributed by atoms with E-state index in [4.69, 9.17) is 3.07 Å². The number of halogens is 1. The predicted octanol–water partition coefficient (Wildman–Crippen LogP) is 1.81. The molecule has 0 radical (unpaired) electrons. The number of hydrogen-bond acceptors (Lipinski definition) is 1. The van der Waals surface area contributed by atoms with Crippen LogP contribution in [-0.4, -0.2) is 9.04 Å². The Labute approximate surface area is 46.0 Å². The van der Waals surface area contributed by atoms with E-state index in [1.54, 1.807) is 0 Å². The summed E-state index contributed by atoms with van der Waals surface area (Å²) in [6.45, 7) is 2.22. The zero-order valence-electron chi connectivity index (χ0n) is 3.91. The van der Waals surface area contributed by atoms with Crippen molar-refractivity contribution in [2.75, 3.05) is 9.04 Å². The van der Waals surface area contributed by atoms with Gasteiger partial charge in [-0.05, 0) is 0 Å². The number of alkyl halides is 2. The molecule has 0 aliphatic carbocycles. The zero-order valence-corrected chi connectivity index (χ0v) is 6.07. The summed E-state index contributed by atoms with van der Waals surface area (Å²) in [4.78, 5) is 0. The van der Waals surface area contributed by atoms with E-state index in [0.29, 0.717) is 0 Å². The van der Waals surface area contributed by atoms with Crippen LogP contribution in [0.25, 0.3) is 0 Å². The molecule has 1 aliphatic heterocycles. The van der Waals surface area contributed by atoms with Gasteiger partial charge >= 0.3 is 45.7 Å². The van der Waals surface area contributed by atoms with E-state index in [1.165, 1.54) is 15.5 Å². The maximum absolute atomic E-state index is 5.11. The monoisotopic (exact) mass is 200 g/mol. The van der Waals surface area contributed by atoms with Crippen molar-refractivity contribution in [1.29, 1.82) is 0 Å². The second-order valence-corrected chi connectivity index (χ2v) is 5.96. The van der Waals surface area contributed by atoms with Crippen LogP contribution < -0.4 is 0 Å². The van der Waals surface area contributed by atoms with Gasteiger partial charge in [0.05, 0.1) is 0 Å². The first kappa shape index (κ1) is 4.84. The average molecular weight is 200 g/mol. The molecule has 2 heteroatoms. The van der Waals surface area contributed by atoms with Gasteiger partial charge in [0, 0.05) is 0 Å². The third-order valence-electron chi connectivity index (χ3n) is 0.663. The van der Waals surface area contributed by atoms with Gasteiger partial charge in [0.15, 0.2) is 0 Å². The van der Waals surface area contributed by atoms with E-state index in [9.17, 15) is 0 Å². The molecule has 1 aliphatic rings. The zero-order chi connectivity index (χ0) is 4.41. The normalized spacial score (nSPS) is 24.5. The SMILES string of the molecule is CCCI1CO1. The van der Waals surface area contributed by atoms with Crippen LogP contribution in [0.3, 0.4) is 0 Å². The molecule has 1 rings (SSSR count). The first-order valence-electron chi connectivity index (χ1n) is 2.18. The van der Waals surface area contributed by atoms with Gasteiger partial charge in [-0.25, -0.2) is 0 Å². The van der Waals surface area contributed by atoms with E-state index >= 15 is 0 Å². The van der Waals surface area contributed by atoms with Gasteiger partial charge in [0.1, 0.15) is 0 Å². The average Bonchev–Trinajstić information content (AvgIpc) is 2.21. The molecule has 1 saturated heterocycles. The van der Waals surface area contributed by atoms with E-state index in [1.807, 2.05) is 0 Å². The van der Waals surface area contributed by atoms with Crippen LogP contribution in [0.1, 0.15) is 13.3 Å². The van der Waals surface area contributed by atoms with E-state index in [0.717, 1.165) is 0 Å². The fourth-order valence-corrected chi connectivity index (χ4v) is 3.46. The molecule has 0 aromatic rings. The third kappa shape index (κ3) is 1.43. The molecule has 0 N–H and O–H groups in total. The summed E-state index contributed by atoms with van der Waals surface area (Å²) < 4.78 is 7.70. The predicted molar refractivity (Wildman–Crippen MR) is 35.1 cm³/mol. The van der Waals surface area contributed by atoms with Crippen molar-refractivity contribution in [3.63, 3.8) is 0 Å². The molecule has 0 atom stereocenters. The molecule has 0 unspecified atom stereocenters. The van der Waals surface area contributed by atoms with E-state index < -0.39 is 20.2 Å². The molecule has 0 amide bonds. The van der Waals surface area contributed by atoms with Crippen LogP contribution in [0.15, 0.2) is 0 Å². The molecular formula is C4H9IO. The van der Waals surface area contributed by atoms with E-state index in [-0.39, 0.29) is 0 Å². The van der Waals surface area contributed by atoms with Crippen LogP contribution in [0.2, 0.25) is 0 Å². The van der Waals surface area contributed by atoms with Gasteiger partial charge in [-0.1, -0.05) is 0 Å². The fourth-order valence-electron chi connectivity index (χ4n) is 0.349. The quantitative estimate of drug-likeness (QED) is 0.376. The Morgan fingerprint density at radius 1 is 1.83 bits per heavy atom. The Bertz CT molecular complexity index is 42.8. The van der Waals surface area contributed by atoms with Gasteiger partial charge < -0.3 is 0 Å². The molecular weight excluding hydrogens is 191 g/mol. The topological polar surface area (TPSA) is 12.5 Å². The Morgan fingerprint density at radius 2 is 2.50 bits per heavy atom. The summed E-state index contributed by atoms with van der Waals surface area (Å²) in [5.74, 6) is 0. The minimum absolute atomic E-state index is 0.557. The Hall–Kier alpha value is 0.690. The molecule has 38 valence electrons. The van der Waals surface area contributed by atoms with Crippen molar-refractivity contribution in [2.24, 2.45) is 0 Å². The molecule has 1 nitrogen and oxygen atoms in total. The summed E-state index contributed by atoms with van der Waals surface area (Å²) in [7, 11) is 0. The summed E-state index contributed by atoms with van der Waals surface area (Å²) in [6.07, 6.45) is 1.34. The number of rotatable bonds is 2. The van der Waals surface area contributed by atoms with Crippen LogP contribution in [0.5, 0.6) is 0 Å². The summed E-state index contributed by atoms with van der Waals surface area (Å²) >= 11 is -0.557. The van der Waals surface area contributed by atoms with Gasteiger partial charge in [0.25, 0.3) is 0 Å². The Morgan fingerprint density at radius 3 is 2.67 bits per heavy atom. The molecule has 0 bridgehead atoms. The van der Waals surface area contributed by atoms with Crippen molar-refractivity contribution in [1.82, 2.24) is 0 Å². The van der Waals surface area contributed by atoms with Crippen LogP contribution in [0.4, 0.5) is 0 Å². The van der Waals surface area contributed by atoms with Crippen LogP contribution >= 0.6 is 20.2 Å². The first-order chi connectivity index (χ1) is 2.93.